The number of aromatic nitrogens is 6. The van der Waals surface area contributed by atoms with Crippen molar-refractivity contribution >= 4 is 65.2 Å². The minimum Gasteiger partial charge on any atom is -0.254 e. The first kappa shape index (κ1) is 37.5. The van der Waals surface area contributed by atoms with Crippen LogP contribution in [0.3, 0.4) is 0 Å². The zero-order chi connectivity index (χ0) is 43.6. The summed E-state index contributed by atoms with van der Waals surface area (Å²) in [5.41, 5.74) is 14.4. The summed E-state index contributed by atoms with van der Waals surface area (Å²) in [7, 11) is 0. The van der Waals surface area contributed by atoms with E-state index in [0.717, 1.165) is 127 Å². The maximum Gasteiger partial charge on any atom is 0.179 e. The maximum atomic E-state index is 5.35. The molecule has 66 heavy (non-hydrogen) atoms. The number of hydrogen-bond donors (Lipinski definition) is 0. The number of rotatable bonds is 6. The van der Waals surface area contributed by atoms with Crippen LogP contribution in [0.2, 0.25) is 0 Å². The van der Waals surface area contributed by atoms with Gasteiger partial charge >= 0.3 is 0 Å². The highest BCUT2D eigenvalue weighted by Crippen LogP contribution is 2.44. The molecule has 13 aromatic rings. The molecule has 8 aromatic carbocycles. The second-order valence-corrected chi connectivity index (χ2v) is 16.7. The van der Waals surface area contributed by atoms with Gasteiger partial charge in [0.15, 0.2) is 5.82 Å². The summed E-state index contributed by atoms with van der Waals surface area (Å²) < 4.78 is 0. The van der Waals surface area contributed by atoms with Gasteiger partial charge < -0.3 is 0 Å². The van der Waals surface area contributed by atoms with Gasteiger partial charge in [-0.1, -0.05) is 158 Å². The van der Waals surface area contributed by atoms with E-state index in [0.29, 0.717) is 5.82 Å². The van der Waals surface area contributed by atoms with Crippen molar-refractivity contribution in [3.05, 3.63) is 219 Å². The van der Waals surface area contributed by atoms with E-state index >= 15 is 0 Å². The lowest BCUT2D eigenvalue weighted by molar-refractivity contribution is 1.16. The molecule has 0 aliphatic heterocycles. The molecule has 0 radical (unpaired) electrons. The van der Waals surface area contributed by atoms with E-state index in [1.807, 2.05) is 60.8 Å². The summed E-state index contributed by atoms with van der Waals surface area (Å²) in [6, 6.07) is 73.9. The second-order valence-electron chi connectivity index (χ2n) is 16.7. The molecule has 0 N–H and O–H groups in total. The fourth-order valence-electron chi connectivity index (χ4n) is 9.49. The molecule has 0 amide bonds. The van der Waals surface area contributed by atoms with Crippen molar-refractivity contribution in [2.75, 3.05) is 0 Å². The maximum absolute atomic E-state index is 5.35. The van der Waals surface area contributed by atoms with Crippen LogP contribution < -0.4 is 0 Å². The third-order valence-corrected chi connectivity index (χ3v) is 12.7. The normalized spacial score (nSPS) is 11.6. The summed E-state index contributed by atoms with van der Waals surface area (Å²) in [6.07, 6.45) is 1.84. The number of nitrogens with zero attached hydrogens (tertiary/aromatic N) is 6. The molecule has 6 heteroatoms. The highest BCUT2D eigenvalue weighted by Gasteiger charge is 2.19. The third-order valence-electron chi connectivity index (χ3n) is 12.7. The summed E-state index contributed by atoms with van der Waals surface area (Å²) in [4.78, 5) is 30.5. The molecule has 0 spiro atoms. The third kappa shape index (κ3) is 6.42. The van der Waals surface area contributed by atoms with Crippen molar-refractivity contribution < 1.29 is 0 Å². The summed E-state index contributed by atoms with van der Waals surface area (Å²) >= 11 is 0. The van der Waals surface area contributed by atoms with Crippen molar-refractivity contribution in [3.8, 4) is 67.7 Å². The Morgan fingerprint density at radius 2 is 0.712 bits per heavy atom. The predicted octanol–water partition coefficient (Wildman–Crippen LogP) is 15.0. The largest absolute Gasteiger partial charge is 0.254 e. The van der Waals surface area contributed by atoms with Gasteiger partial charge in [0.1, 0.15) is 5.69 Å². The molecular formula is C60H36N6. The van der Waals surface area contributed by atoms with Crippen molar-refractivity contribution in [3.63, 3.8) is 0 Å². The van der Waals surface area contributed by atoms with E-state index in [2.05, 4.69) is 158 Å². The molecule has 0 saturated carbocycles. The lowest BCUT2D eigenvalue weighted by Crippen LogP contribution is -1.97. The zero-order valence-electron chi connectivity index (χ0n) is 35.5. The molecule has 0 fully saturated rings. The molecule has 306 valence electrons. The molecule has 13 rings (SSSR count). The van der Waals surface area contributed by atoms with Crippen LogP contribution in [0.5, 0.6) is 0 Å². The van der Waals surface area contributed by atoms with Gasteiger partial charge in [-0.3, -0.25) is 4.98 Å². The molecule has 0 aliphatic carbocycles. The molecule has 0 aliphatic rings. The van der Waals surface area contributed by atoms with Gasteiger partial charge in [0.2, 0.25) is 0 Å². The van der Waals surface area contributed by atoms with E-state index in [1.54, 1.807) is 0 Å². The number of pyridine rings is 4. The monoisotopic (exact) mass is 840 g/mol. The van der Waals surface area contributed by atoms with Gasteiger partial charge in [-0.25, -0.2) is 24.9 Å². The SMILES string of the molecule is c1ccc(-c2cc(-c3ccccc3)nc(-c3ccc4cc(-c5ccc6nc(-c7c8ccccc8c(-c8ccc9ccc%10cccnc%10c9n8)c8ccccc78)ccc6c5)ccc4n3)n2)cc1. The minimum absolute atomic E-state index is 0.591. The van der Waals surface area contributed by atoms with Gasteiger partial charge in [0, 0.05) is 50.0 Å². The molecule has 5 aromatic heterocycles. The van der Waals surface area contributed by atoms with E-state index in [1.165, 1.54) is 0 Å². The van der Waals surface area contributed by atoms with E-state index in [-0.39, 0.29) is 0 Å². The standard InChI is InChI=1S/C60H36N6/c1-3-12-37(13-4-1)54-36-55(38-14-5-2-6-15-38)66-60(65-54)53-32-27-44-35-42(25-29-50(44)63-53)41-24-28-49-43(34-41)26-31-51(62-49)56-45-17-7-9-19-47(45)57(48-20-10-8-18-46(48)56)52-30-23-40-22-21-39-16-11-33-61-58(39)59(40)64-52/h1-36H. The Hall–Kier alpha value is -9.00. The Morgan fingerprint density at radius 1 is 0.258 bits per heavy atom. The lowest BCUT2D eigenvalue weighted by Gasteiger charge is -2.17. The second kappa shape index (κ2) is 15.4. The van der Waals surface area contributed by atoms with Crippen molar-refractivity contribution in [2.45, 2.75) is 0 Å². The fraction of sp³-hybridized carbons (Fsp3) is 0. The molecule has 0 unspecified atom stereocenters. The molecular weight excluding hydrogens is 805 g/mol. The van der Waals surface area contributed by atoms with Crippen LogP contribution in [0, 0.1) is 0 Å². The van der Waals surface area contributed by atoms with Crippen molar-refractivity contribution in [1.82, 2.24) is 29.9 Å². The van der Waals surface area contributed by atoms with E-state index in [9.17, 15) is 0 Å². The first-order valence-electron chi connectivity index (χ1n) is 22.1. The van der Waals surface area contributed by atoms with Crippen LogP contribution in [0.4, 0.5) is 0 Å². The highest BCUT2D eigenvalue weighted by atomic mass is 14.9. The average molecular weight is 841 g/mol. The summed E-state index contributed by atoms with van der Waals surface area (Å²) in [6.45, 7) is 0. The van der Waals surface area contributed by atoms with Crippen LogP contribution in [0.15, 0.2) is 219 Å². The molecule has 6 nitrogen and oxygen atoms in total. The minimum atomic E-state index is 0.591. The van der Waals surface area contributed by atoms with Crippen LogP contribution in [-0.2, 0) is 0 Å². The molecule has 0 bridgehead atoms. The Bertz CT molecular complexity index is 3940. The van der Waals surface area contributed by atoms with Gasteiger partial charge in [0.05, 0.1) is 44.8 Å². The van der Waals surface area contributed by atoms with Crippen LogP contribution in [0.25, 0.3) is 133 Å². The number of benzene rings is 8. The molecule has 0 saturated heterocycles. The zero-order valence-corrected chi connectivity index (χ0v) is 35.5. The predicted molar refractivity (Wildman–Crippen MR) is 271 cm³/mol. The van der Waals surface area contributed by atoms with E-state index < -0.39 is 0 Å². The number of hydrogen-bond acceptors (Lipinski definition) is 6. The Labute approximate surface area is 379 Å². The van der Waals surface area contributed by atoms with Gasteiger partial charge in [-0.2, -0.15) is 0 Å². The quantitative estimate of drug-likeness (QED) is 0.123. The first-order valence-corrected chi connectivity index (χ1v) is 22.1. The van der Waals surface area contributed by atoms with E-state index in [4.69, 9.17) is 29.9 Å². The van der Waals surface area contributed by atoms with Crippen molar-refractivity contribution in [2.24, 2.45) is 0 Å². The average Bonchev–Trinajstić information content (AvgIpc) is 3.39. The molecule has 0 atom stereocenters. The van der Waals surface area contributed by atoms with Crippen LogP contribution >= 0.6 is 0 Å². The summed E-state index contributed by atoms with van der Waals surface area (Å²) in [5, 5.41) is 8.78. The van der Waals surface area contributed by atoms with Gasteiger partial charge in [0.25, 0.3) is 0 Å². The number of fused-ring (bicyclic) bond motifs is 7. The molecule has 5 heterocycles. The topological polar surface area (TPSA) is 77.3 Å². The highest BCUT2D eigenvalue weighted by molar-refractivity contribution is 6.21. The first-order chi connectivity index (χ1) is 32.7. The van der Waals surface area contributed by atoms with Gasteiger partial charge in [-0.05, 0) is 87.3 Å². The van der Waals surface area contributed by atoms with Crippen molar-refractivity contribution in [1.29, 1.82) is 0 Å². The Kier molecular flexibility index (Phi) is 8.74. The Morgan fingerprint density at radius 3 is 1.27 bits per heavy atom. The summed E-state index contributed by atoms with van der Waals surface area (Å²) in [5.74, 6) is 0.591. The Balaban J connectivity index is 0.864. The smallest absolute Gasteiger partial charge is 0.179 e. The van der Waals surface area contributed by atoms with Crippen LogP contribution in [-0.4, -0.2) is 29.9 Å². The van der Waals surface area contributed by atoms with Crippen LogP contribution in [0.1, 0.15) is 0 Å². The fourth-order valence-corrected chi connectivity index (χ4v) is 9.49. The van der Waals surface area contributed by atoms with Gasteiger partial charge in [-0.15, -0.1) is 0 Å². The lowest BCUT2D eigenvalue weighted by atomic mass is 9.88.